The number of carbonyl (C=O) groups excluding carboxylic acids is 3. The van der Waals surface area contributed by atoms with Gasteiger partial charge in [-0.2, -0.15) is 0 Å². The van der Waals surface area contributed by atoms with E-state index in [4.69, 9.17) is 9.47 Å². The smallest absolute Gasteiger partial charge is 0.251 e. The summed E-state index contributed by atoms with van der Waals surface area (Å²) in [6.45, 7) is 5.07. The van der Waals surface area contributed by atoms with Gasteiger partial charge in [-0.3, -0.25) is 14.4 Å². The lowest BCUT2D eigenvalue weighted by Crippen LogP contribution is -2.47. The Morgan fingerprint density at radius 3 is 2.10 bits per heavy atom. The van der Waals surface area contributed by atoms with Crippen LogP contribution in [0.3, 0.4) is 0 Å². The minimum atomic E-state index is -0.758. The monoisotopic (exact) mass is 413 g/mol. The van der Waals surface area contributed by atoms with E-state index in [9.17, 15) is 14.4 Å². The fourth-order valence-corrected chi connectivity index (χ4v) is 2.80. The molecule has 2 aromatic rings. The largest absolute Gasteiger partial charge is 0.497 e. The van der Waals surface area contributed by atoms with Crippen LogP contribution in [0.1, 0.15) is 31.1 Å². The molecule has 1 unspecified atom stereocenters. The first-order valence-corrected chi connectivity index (χ1v) is 9.46. The number of hydrogen-bond acceptors (Lipinski definition) is 5. The maximum Gasteiger partial charge on any atom is 0.251 e. The van der Waals surface area contributed by atoms with E-state index < -0.39 is 6.04 Å². The number of methoxy groups -OCH3 is 2. The van der Waals surface area contributed by atoms with Gasteiger partial charge in [-0.25, -0.2) is 0 Å². The van der Waals surface area contributed by atoms with E-state index in [-0.39, 0.29) is 23.6 Å². The van der Waals surface area contributed by atoms with Crippen LogP contribution in [0.25, 0.3) is 0 Å². The summed E-state index contributed by atoms with van der Waals surface area (Å²) in [5.41, 5.74) is 1.33. The van der Waals surface area contributed by atoms with Crippen LogP contribution in [0, 0.1) is 5.92 Å². The van der Waals surface area contributed by atoms with Gasteiger partial charge in [-0.15, -0.1) is 0 Å². The van der Waals surface area contributed by atoms with Crippen LogP contribution in [-0.2, 0) is 9.59 Å². The third-order valence-corrected chi connectivity index (χ3v) is 4.37. The third-order valence-electron chi connectivity index (χ3n) is 4.37. The SMILES string of the molecule is COc1ccc(C(=O)NC(C(=O)Nc2ccc(OC)c(NC(C)=O)c2)C(C)C)cc1. The highest BCUT2D eigenvalue weighted by molar-refractivity contribution is 6.02. The standard InChI is InChI=1S/C22H27N3O5/c1-13(2)20(25-21(27)15-6-9-17(29-4)10-7-15)22(28)24-16-8-11-19(30-5)18(12-16)23-14(3)26/h6-13,20H,1-5H3,(H,23,26)(H,24,28)(H,25,27). The number of rotatable bonds is 8. The topological polar surface area (TPSA) is 106 Å². The molecule has 0 fully saturated rings. The molecule has 0 aliphatic carbocycles. The molecular formula is C22H27N3O5. The first-order valence-electron chi connectivity index (χ1n) is 9.46. The van der Waals surface area contributed by atoms with Crippen LogP contribution in [0.5, 0.6) is 11.5 Å². The van der Waals surface area contributed by atoms with Crippen molar-refractivity contribution >= 4 is 29.1 Å². The van der Waals surface area contributed by atoms with Crippen LogP contribution < -0.4 is 25.4 Å². The summed E-state index contributed by atoms with van der Waals surface area (Å²) in [5, 5.41) is 8.21. The fraction of sp³-hybridized carbons (Fsp3) is 0.318. The van der Waals surface area contributed by atoms with Gasteiger partial charge in [0.25, 0.3) is 5.91 Å². The normalized spacial score (nSPS) is 11.4. The number of carbonyl (C=O) groups is 3. The number of hydrogen-bond donors (Lipinski definition) is 3. The molecule has 0 heterocycles. The predicted molar refractivity (Wildman–Crippen MR) is 115 cm³/mol. The lowest BCUT2D eigenvalue weighted by atomic mass is 10.0. The van der Waals surface area contributed by atoms with Gasteiger partial charge < -0.3 is 25.4 Å². The molecule has 0 saturated carbocycles. The van der Waals surface area contributed by atoms with Crippen molar-refractivity contribution in [2.75, 3.05) is 24.9 Å². The molecule has 0 radical (unpaired) electrons. The average Bonchev–Trinajstić information content (AvgIpc) is 2.71. The Morgan fingerprint density at radius 2 is 1.57 bits per heavy atom. The molecule has 0 aliphatic heterocycles. The van der Waals surface area contributed by atoms with Crippen molar-refractivity contribution in [3.63, 3.8) is 0 Å². The third kappa shape index (κ3) is 5.97. The van der Waals surface area contributed by atoms with Crippen molar-refractivity contribution in [1.29, 1.82) is 0 Å². The molecule has 0 aliphatic rings. The fourth-order valence-electron chi connectivity index (χ4n) is 2.80. The second-order valence-corrected chi connectivity index (χ2v) is 7.01. The number of nitrogens with one attached hydrogen (secondary N) is 3. The van der Waals surface area contributed by atoms with Crippen molar-refractivity contribution < 1.29 is 23.9 Å². The summed E-state index contributed by atoms with van der Waals surface area (Å²) < 4.78 is 10.3. The Morgan fingerprint density at radius 1 is 0.900 bits per heavy atom. The molecule has 30 heavy (non-hydrogen) atoms. The van der Waals surface area contributed by atoms with Gasteiger partial charge >= 0.3 is 0 Å². The predicted octanol–water partition coefficient (Wildman–Crippen LogP) is 3.06. The lowest BCUT2D eigenvalue weighted by molar-refractivity contribution is -0.119. The minimum absolute atomic E-state index is 0.153. The highest BCUT2D eigenvalue weighted by atomic mass is 16.5. The van der Waals surface area contributed by atoms with Gasteiger partial charge in [0.1, 0.15) is 17.5 Å². The Hall–Kier alpha value is -3.55. The van der Waals surface area contributed by atoms with E-state index in [1.165, 1.54) is 14.0 Å². The second-order valence-electron chi connectivity index (χ2n) is 7.01. The number of amides is 3. The summed E-state index contributed by atoms with van der Waals surface area (Å²) >= 11 is 0. The van der Waals surface area contributed by atoms with Gasteiger partial charge in [0.15, 0.2) is 0 Å². The summed E-state index contributed by atoms with van der Waals surface area (Å²) in [5.74, 6) is -0.0366. The maximum atomic E-state index is 12.8. The molecule has 3 N–H and O–H groups in total. The van der Waals surface area contributed by atoms with E-state index in [1.807, 2.05) is 13.8 Å². The molecule has 3 amide bonds. The van der Waals surface area contributed by atoms with Crippen LogP contribution in [0.4, 0.5) is 11.4 Å². The van der Waals surface area contributed by atoms with E-state index in [2.05, 4.69) is 16.0 Å². The second kappa shape index (κ2) is 10.3. The highest BCUT2D eigenvalue weighted by Crippen LogP contribution is 2.28. The van der Waals surface area contributed by atoms with E-state index >= 15 is 0 Å². The Bertz CT molecular complexity index is 909. The zero-order valence-corrected chi connectivity index (χ0v) is 17.7. The highest BCUT2D eigenvalue weighted by Gasteiger charge is 2.25. The zero-order chi connectivity index (χ0) is 22.3. The average molecular weight is 413 g/mol. The molecular weight excluding hydrogens is 386 g/mol. The molecule has 0 spiro atoms. The molecule has 2 aromatic carbocycles. The zero-order valence-electron chi connectivity index (χ0n) is 17.7. The Kier molecular flexibility index (Phi) is 7.80. The molecule has 0 bridgehead atoms. The van der Waals surface area contributed by atoms with Crippen molar-refractivity contribution in [1.82, 2.24) is 5.32 Å². The lowest BCUT2D eigenvalue weighted by Gasteiger charge is -2.22. The molecule has 8 nitrogen and oxygen atoms in total. The van der Waals surface area contributed by atoms with Crippen LogP contribution in [0.15, 0.2) is 42.5 Å². The first kappa shape index (κ1) is 22.7. The van der Waals surface area contributed by atoms with E-state index in [1.54, 1.807) is 49.6 Å². The molecule has 0 saturated heterocycles. The van der Waals surface area contributed by atoms with Gasteiger partial charge in [0.05, 0.1) is 19.9 Å². The number of ether oxygens (including phenoxy) is 2. The van der Waals surface area contributed by atoms with Gasteiger partial charge in [0, 0.05) is 18.2 Å². The number of benzene rings is 2. The maximum absolute atomic E-state index is 12.8. The summed E-state index contributed by atoms with van der Waals surface area (Å²) in [6.07, 6.45) is 0. The van der Waals surface area contributed by atoms with Gasteiger partial charge in [-0.05, 0) is 48.4 Å². The van der Waals surface area contributed by atoms with E-state index in [0.717, 1.165) is 0 Å². The summed E-state index contributed by atoms with van der Waals surface area (Å²) in [4.78, 5) is 36.8. The van der Waals surface area contributed by atoms with Crippen molar-refractivity contribution in [3.8, 4) is 11.5 Å². The molecule has 2 rings (SSSR count). The van der Waals surface area contributed by atoms with Gasteiger partial charge in [-0.1, -0.05) is 13.8 Å². The summed E-state index contributed by atoms with van der Waals surface area (Å²) in [7, 11) is 3.03. The van der Waals surface area contributed by atoms with Crippen molar-refractivity contribution in [2.45, 2.75) is 26.8 Å². The minimum Gasteiger partial charge on any atom is -0.497 e. The molecule has 8 heteroatoms. The van der Waals surface area contributed by atoms with E-state index in [0.29, 0.717) is 28.4 Å². The molecule has 160 valence electrons. The van der Waals surface area contributed by atoms with Crippen molar-refractivity contribution in [3.05, 3.63) is 48.0 Å². The summed E-state index contributed by atoms with van der Waals surface area (Å²) in [6, 6.07) is 10.8. The van der Waals surface area contributed by atoms with Crippen LogP contribution in [-0.4, -0.2) is 38.0 Å². The van der Waals surface area contributed by atoms with Gasteiger partial charge in [0.2, 0.25) is 11.8 Å². The Balaban J connectivity index is 2.15. The van der Waals surface area contributed by atoms with Crippen LogP contribution in [0.2, 0.25) is 0 Å². The molecule has 1 atom stereocenters. The number of anilines is 2. The molecule has 0 aromatic heterocycles. The van der Waals surface area contributed by atoms with Crippen molar-refractivity contribution in [2.24, 2.45) is 5.92 Å². The first-order chi connectivity index (χ1) is 14.2. The Labute approximate surface area is 175 Å². The van der Waals surface area contributed by atoms with Crippen LogP contribution >= 0.6 is 0 Å². The quantitative estimate of drug-likeness (QED) is 0.617.